The Labute approximate surface area is 96.1 Å². The van der Waals surface area contributed by atoms with Gasteiger partial charge in [-0.05, 0) is 24.6 Å². The van der Waals surface area contributed by atoms with E-state index in [1.165, 1.54) is 12.8 Å². The van der Waals surface area contributed by atoms with Gasteiger partial charge in [-0.2, -0.15) is 0 Å². The summed E-state index contributed by atoms with van der Waals surface area (Å²) >= 11 is 5.86. The van der Waals surface area contributed by atoms with Crippen LogP contribution in [-0.4, -0.2) is 5.11 Å². The van der Waals surface area contributed by atoms with Crippen molar-refractivity contribution in [3.05, 3.63) is 28.8 Å². The first-order valence-electron chi connectivity index (χ1n) is 5.39. The first kappa shape index (κ1) is 12.3. The van der Waals surface area contributed by atoms with Crippen molar-refractivity contribution in [3.8, 4) is 5.75 Å². The third-order valence-electron chi connectivity index (χ3n) is 2.51. The Morgan fingerprint density at radius 3 is 2.80 bits per heavy atom. The van der Waals surface area contributed by atoms with Crippen molar-refractivity contribution < 1.29 is 5.11 Å². The summed E-state index contributed by atoms with van der Waals surface area (Å²) in [5, 5.41) is 10.2. The van der Waals surface area contributed by atoms with Crippen LogP contribution in [0.5, 0.6) is 5.75 Å². The summed E-state index contributed by atoms with van der Waals surface area (Å²) in [4.78, 5) is 0. The average molecular weight is 228 g/mol. The molecule has 84 valence electrons. The van der Waals surface area contributed by atoms with E-state index in [1.807, 2.05) is 0 Å². The molecule has 1 atom stereocenters. The predicted molar refractivity (Wildman–Crippen MR) is 64.2 cm³/mol. The maximum absolute atomic E-state index is 9.62. The van der Waals surface area contributed by atoms with Crippen LogP contribution >= 0.6 is 11.6 Å². The van der Waals surface area contributed by atoms with Crippen molar-refractivity contribution in [3.63, 3.8) is 0 Å². The van der Waals surface area contributed by atoms with Crippen LogP contribution in [0.25, 0.3) is 0 Å². The van der Waals surface area contributed by atoms with E-state index in [1.54, 1.807) is 18.2 Å². The number of phenols is 1. The van der Waals surface area contributed by atoms with Gasteiger partial charge in [0.05, 0.1) is 0 Å². The molecule has 0 aromatic heterocycles. The number of unbranched alkanes of at least 4 members (excludes halogenated alkanes) is 2. The number of aromatic hydroxyl groups is 1. The van der Waals surface area contributed by atoms with Gasteiger partial charge in [0.25, 0.3) is 0 Å². The predicted octanol–water partition coefficient (Wildman–Crippen LogP) is 3.63. The Balaban J connectivity index is 2.64. The molecule has 2 nitrogen and oxygen atoms in total. The van der Waals surface area contributed by atoms with Crippen molar-refractivity contribution in [2.24, 2.45) is 5.73 Å². The fourth-order valence-corrected chi connectivity index (χ4v) is 1.77. The first-order chi connectivity index (χ1) is 7.15. The summed E-state index contributed by atoms with van der Waals surface area (Å²) in [6.45, 7) is 2.16. The fourth-order valence-electron chi connectivity index (χ4n) is 1.59. The molecule has 0 saturated heterocycles. The Morgan fingerprint density at radius 1 is 1.40 bits per heavy atom. The largest absolute Gasteiger partial charge is 0.508 e. The molecule has 0 aliphatic rings. The van der Waals surface area contributed by atoms with E-state index in [2.05, 4.69) is 6.92 Å². The second-order valence-electron chi connectivity index (χ2n) is 3.81. The highest BCUT2D eigenvalue weighted by molar-refractivity contribution is 6.30. The van der Waals surface area contributed by atoms with Gasteiger partial charge in [0.15, 0.2) is 0 Å². The highest BCUT2D eigenvalue weighted by atomic mass is 35.5. The Bertz CT molecular complexity index is 314. The van der Waals surface area contributed by atoms with Gasteiger partial charge < -0.3 is 10.8 Å². The van der Waals surface area contributed by atoms with E-state index in [9.17, 15) is 5.11 Å². The molecule has 0 heterocycles. The number of benzene rings is 1. The summed E-state index contributed by atoms with van der Waals surface area (Å²) in [7, 11) is 0. The molecule has 3 N–H and O–H groups in total. The van der Waals surface area contributed by atoms with Crippen molar-refractivity contribution in [1.29, 1.82) is 0 Å². The number of hydrogen-bond acceptors (Lipinski definition) is 2. The summed E-state index contributed by atoms with van der Waals surface area (Å²) in [6, 6.07) is 4.89. The zero-order chi connectivity index (χ0) is 11.3. The molecule has 1 aromatic rings. The lowest BCUT2D eigenvalue weighted by Gasteiger charge is -2.13. The van der Waals surface area contributed by atoms with E-state index >= 15 is 0 Å². The van der Waals surface area contributed by atoms with Crippen LogP contribution in [0, 0.1) is 0 Å². The van der Waals surface area contributed by atoms with Gasteiger partial charge in [0, 0.05) is 16.6 Å². The standard InChI is InChI=1S/C12H18ClNO/c1-2-3-4-5-11(14)10-8-9(13)6-7-12(10)15/h6-8,11,15H,2-5,14H2,1H3/t11-/m0/s1. The second-order valence-corrected chi connectivity index (χ2v) is 4.24. The Kier molecular flexibility index (Phi) is 4.92. The molecule has 0 spiro atoms. The van der Waals surface area contributed by atoms with E-state index in [0.717, 1.165) is 18.4 Å². The zero-order valence-electron chi connectivity index (χ0n) is 9.04. The number of halogens is 1. The van der Waals surface area contributed by atoms with Gasteiger partial charge in [-0.3, -0.25) is 0 Å². The van der Waals surface area contributed by atoms with Gasteiger partial charge >= 0.3 is 0 Å². The van der Waals surface area contributed by atoms with Crippen LogP contribution in [0.3, 0.4) is 0 Å². The molecule has 0 amide bonds. The smallest absolute Gasteiger partial charge is 0.120 e. The molecule has 0 saturated carbocycles. The van der Waals surface area contributed by atoms with Crippen molar-refractivity contribution in [1.82, 2.24) is 0 Å². The molecule has 3 heteroatoms. The molecule has 0 aliphatic carbocycles. The van der Waals surface area contributed by atoms with Crippen LogP contribution < -0.4 is 5.73 Å². The quantitative estimate of drug-likeness (QED) is 0.755. The second kappa shape index (κ2) is 5.99. The first-order valence-corrected chi connectivity index (χ1v) is 5.77. The van der Waals surface area contributed by atoms with Crippen molar-refractivity contribution in [2.75, 3.05) is 0 Å². The van der Waals surface area contributed by atoms with Crippen LogP contribution in [0.2, 0.25) is 5.02 Å². The molecular formula is C12H18ClNO. The SMILES string of the molecule is CCCCC[C@H](N)c1cc(Cl)ccc1O. The lowest BCUT2D eigenvalue weighted by molar-refractivity contribution is 0.456. The molecule has 0 bridgehead atoms. The Morgan fingerprint density at radius 2 is 2.13 bits per heavy atom. The lowest BCUT2D eigenvalue weighted by Crippen LogP contribution is -2.10. The van der Waals surface area contributed by atoms with E-state index in [4.69, 9.17) is 17.3 Å². The van der Waals surface area contributed by atoms with Gasteiger partial charge in [0.1, 0.15) is 5.75 Å². The summed E-state index contributed by atoms with van der Waals surface area (Å²) in [5.41, 5.74) is 6.74. The van der Waals surface area contributed by atoms with E-state index in [0.29, 0.717) is 5.02 Å². The molecule has 15 heavy (non-hydrogen) atoms. The van der Waals surface area contributed by atoms with Crippen molar-refractivity contribution in [2.45, 2.75) is 38.6 Å². The summed E-state index contributed by atoms with van der Waals surface area (Å²) in [6.07, 6.45) is 4.33. The van der Waals surface area contributed by atoms with E-state index < -0.39 is 0 Å². The average Bonchev–Trinajstić information content (AvgIpc) is 2.22. The normalized spacial score (nSPS) is 12.7. The highest BCUT2D eigenvalue weighted by Crippen LogP contribution is 2.28. The third-order valence-corrected chi connectivity index (χ3v) is 2.74. The monoisotopic (exact) mass is 227 g/mol. The lowest BCUT2D eigenvalue weighted by atomic mass is 10.0. The highest BCUT2D eigenvalue weighted by Gasteiger charge is 2.10. The molecular weight excluding hydrogens is 210 g/mol. The molecule has 1 aromatic carbocycles. The minimum Gasteiger partial charge on any atom is -0.508 e. The van der Waals surface area contributed by atoms with Crippen LogP contribution in [0.15, 0.2) is 18.2 Å². The maximum atomic E-state index is 9.62. The van der Waals surface area contributed by atoms with Gasteiger partial charge in [-0.25, -0.2) is 0 Å². The molecule has 0 unspecified atom stereocenters. The minimum absolute atomic E-state index is 0.116. The van der Waals surface area contributed by atoms with E-state index in [-0.39, 0.29) is 11.8 Å². The third kappa shape index (κ3) is 3.73. The summed E-state index contributed by atoms with van der Waals surface area (Å²) in [5.74, 6) is 0.239. The maximum Gasteiger partial charge on any atom is 0.120 e. The van der Waals surface area contributed by atoms with Gasteiger partial charge in [-0.1, -0.05) is 37.8 Å². The number of hydrogen-bond donors (Lipinski definition) is 2. The van der Waals surface area contributed by atoms with Crippen LogP contribution in [0.1, 0.15) is 44.2 Å². The molecule has 1 rings (SSSR count). The topological polar surface area (TPSA) is 46.2 Å². The number of rotatable bonds is 5. The number of nitrogens with two attached hydrogens (primary N) is 1. The summed E-state index contributed by atoms with van der Waals surface area (Å²) < 4.78 is 0. The molecule has 0 fully saturated rings. The van der Waals surface area contributed by atoms with Gasteiger partial charge in [0.2, 0.25) is 0 Å². The molecule has 0 radical (unpaired) electrons. The van der Waals surface area contributed by atoms with Crippen LogP contribution in [0.4, 0.5) is 0 Å². The zero-order valence-corrected chi connectivity index (χ0v) is 9.80. The Hall–Kier alpha value is -0.730. The fraction of sp³-hybridized carbons (Fsp3) is 0.500. The molecule has 0 aliphatic heterocycles. The number of phenolic OH excluding ortho intramolecular Hbond substituents is 1. The van der Waals surface area contributed by atoms with Crippen LogP contribution in [-0.2, 0) is 0 Å². The van der Waals surface area contributed by atoms with Gasteiger partial charge in [-0.15, -0.1) is 0 Å². The minimum atomic E-state index is -0.116. The van der Waals surface area contributed by atoms with Crippen molar-refractivity contribution >= 4 is 11.6 Å².